The van der Waals surface area contributed by atoms with Gasteiger partial charge in [0.25, 0.3) is 5.91 Å². The Labute approximate surface area is 170 Å². The number of amides is 2. The van der Waals surface area contributed by atoms with E-state index in [1.807, 2.05) is 24.0 Å². The fraction of sp³-hybridized carbons (Fsp3) is 0.524. The summed E-state index contributed by atoms with van der Waals surface area (Å²) in [5, 5.41) is 9.72. The molecular formula is C21H27N5O3. The van der Waals surface area contributed by atoms with Gasteiger partial charge in [-0.25, -0.2) is 4.98 Å². The van der Waals surface area contributed by atoms with E-state index in [0.29, 0.717) is 30.3 Å². The summed E-state index contributed by atoms with van der Waals surface area (Å²) in [4.78, 5) is 30.6. The molecule has 2 N–H and O–H groups in total. The summed E-state index contributed by atoms with van der Waals surface area (Å²) in [6.45, 7) is 3.86. The summed E-state index contributed by atoms with van der Waals surface area (Å²) < 4.78 is 6.05. The van der Waals surface area contributed by atoms with Gasteiger partial charge in [0, 0.05) is 50.4 Å². The Balaban J connectivity index is 1.20. The summed E-state index contributed by atoms with van der Waals surface area (Å²) in [5.41, 5.74) is 0.591. The molecule has 154 valence electrons. The second-order valence-electron chi connectivity index (χ2n) is 7.78. The first-order valence-corrected chi connectivity index (χ1v) is 10.3. The van der Waals surface area contributed by atoms with E-state index in [-0.39, 0.29) is 17.9 Å². The van der Waals surface area contributed by atoms with Crippen molar-refractivity contribution in [2.75, 3.05) is 19.6 Å². The molecule has 1 saturated heterocycles. The van der Waals surface area contributed by atoms with Gasteiger partial charge in [-0.3, -0.25) is 14.7 Å². The summed E-state index contributed by atoms with van der Waals surface area (Å²) in [6.07, 6.45) is 4.49. The molecule has 1 aliphatic heterocycles. The number of benzene rings is 1. The first-order valence-electron chi connectivity index (χ1n) is 10.3. The molecule has 8 heteroatoms. The molecule has 29 heavy (non-hydrogen) atoms. The van der Waals surface area contributed by atoms with Crippen molar-refractivity contribution in [3.63, 3.8) is 0 Å². The number of hydrogen-bond acceptors (Lipinski definition) is 5. The number of nitrogens with one attached hydrogen (secondary N) is 2. The SMILES string of the molecule is Cc1nc(CCNC(=O)c2ccc(OC3CCN(C(=O)C4CC4)CC3)cc2)n[nH]1. The normalized spacial score (nSPS) is 17.2. The number of piperidine rings is 1. The number of H-pyrrole nitrogens is 1. The van der Waals surface area contributed by atoms with Gasteiger partial charge in [0.15, 0.2) is 5.82 Å². The van der Waals surface area contributed by atoms with E-state index >= 15 is 0 Å². The Morgan fingerprint density at radius 2 is 1.90 bits per heavy atom. The largest absolute Gasteiger partial charge is 0.490 e. The molecule has 8 nitrogen and oxygen atoms in total. The maximum absolute atomic E-state index is 12.3. The Morgan fingerprint density at radius 1 is 1.17 bits per heavy atom. The molecular weight excluding hydrogens is 370 g/mol. The highest BCUT2D eigenvalue weighted by Gasteiger charge is 2.35. The third-order valence-corrected chi connectivity index (χ3v) is 5.38. The minimum Gasteiger partial charge on any atom is -0.490 e. The second-order valence-corrected chi connectivity index (χ2v) is 7.78. The van der Waals surface area contributed by atoms with Gasteiger partial charge in [-0.15, -0.1) is 0 Å². The zero-order chi connectivity index (χ0) is 20.2. The van der Waals surface area contributed by atoms with Gasteiger partial charge >= 0.3 is 0 Å². The van der Waals surface area contributed by atoms with Crippen molar-refractivity contribution in [2.24, 2.45) is 5.92 Å². The maximum atomic E-state index is 12.3. The van der Waals surface area contributed by atoms with E-state index in [1.165, 1.54) is 0 Å². The molecule has 2 aliphatic rings. The molecule has 1 aromatic carbocycles. The number of aromatic nitrogens is 3. The lowest BCUT2D eigenvalue weighted by Gasteiger charge is -2.32. The van der Waals surface area contributed by atoms with Crippen LogP contribution in [-0.2, 0) is 11.2 Å². The average Bonchev–Trinajstić information content (AvgIpc) is 3.50. The minimum atomic E-state index is -0.129. The topological polar surface area (TPSA) is 100 Å². The van der Waals surface area contributed by atoms with Crippen LogP contribution in [0.2, 0.25) is 0 Å². The minimum absolute atomic E-state index is 0.114. The van der Waals surface area contributed by atoms with Gasteiger partial charge in [0.1, 0.15) is 17.7 Å². The Morgan fingerprint density at radius 3 is 2.52 bits per heavy atom. The molecule has 0 spiro atoms. The van der Waals surface area contributed by atoms with Crippen LogP contribution in [0.4, 0.5) is 0 Å². The number of ether oxygens (including phenoxy) is 1. The van der Waals surface area contributed by atoms with Gasteiger partial charge in [0.05, 0.1) is 0 Å². The van der Waals surface area contributed by atoms with Gasteiger partial charge < -0.3 is 15.0 Å². The van der Waals surface area contributed by atoms with E-state index in [0.717, 1.165) is 50.3 Å². The molecule has 1 saturated carbocycles. The summed E-state index contributed by atoms with van der Waals surface area (Å²) >= 11 is 0. The number of aryl methyl sites for hydroxylation is 1. The average molecular weight is 397 g/mol. The van der Waals surface area contributed by atoms with Gasteiger partial charge in [0.2, 0.25) is 5.91 Å². The van der Waals surface area contributed by atoms with Crippen LogP contribution >= 0.6 is 0 Å². The third kappa shape index (κ3) is 5.13. The van der Waals surface area contributed by atoms with Crippen molar-refractivity contribution in [1.82, 2.24) is 25.4 Å². The lowest BCUT2D eigenvalue weighted by molar-refractivity contribution is -0.134. The van der Waals surface area contributed by atoms with E-state index in [4.69, 9.17) is 4.74 Å². The number of likely N-dealkylation sites (tertiary alicyclic amines) is 1. The molecule has 0 bridgehead atoms. The standard InChI is InChI=1S/C21H27N5O3/c1-14-23-19(25-24-14)8-11-22-20(27)15-4-6-17(7-5-15)29-18-9-12-26(13-10-18)21(28)16-2-3-16/h4-7,16,18H,2-3,8-13H2,1H3,(H,22,27)(H,23,24,25). The summed E-state index contributed by atoms with van der Waals surface area (Å²) in [7, 11) is 0. The fourth-order valence-corrected chi connectivity index (χ4v) is 3.55. The van der Waals surface area contributed by atoms with E-state index in [9.17, 15) is 9.59 Å². The van der Waals surface area contributed by atoms with E-state index in [2.05, 4.69) is 20.5 Å². The van der Waals surface area contributed by atoms with Crippen molar-refractivity contribution in [3.05, 3.63) is 41.5 Å². The highest BCUT2D eigenvalue weighted by Crippen LogP contribution is 2.32. The first-order chi connectivity index (χ1) is 14.1. The molecule has 2 amide bonds. The lowest BCUT2D eigenvalue weighted by Crippen LogP contribution is -2.42. The predicted octanol–water partition coefficient (Wildman–Crippen LogP) is 1.87. The number of hydrogen-bond donors (Lipinski definition) is 2. The van der Waals surface area contributed by atoms with Crippen LogP contribution in [0, 0.1) is 12.8 Å². The molecule has 1 aromatic heterocycles. The summed E-state index contributed by atoms with van der Waals surface area (Å²) in [6, 6.07) is 7.20. The molecule has 1 aliphatic carbocycles. The van der Waals surface area contributed by atoms with Crippen LogP contribution in [0.5, 0.6) is 5.75 Å². The number of nitrogens with zero attached hydrogens (tertiary/aromatic N) is 3. The van der Waals surface area contributed by atoms with Crippen molar-refractivity contribution < 1.29 is 14.3 Å². The van der Waals surface area contributed by atoms with E-state index < -0.39 is 0 Å². The van der Waals surface area contributed by atoms with Gasteiger partial charge in [-0.1, -0.05) is 0 Å². The van der Waals surface area contributed by atoms with Crippen molar-refractivity contribution in [3.8, 4) is 5.75 Å². The van der Waals surface area contributed by atoms with E-state index in [1.54, 1.807) is 12.1 Å². The Bertz CT molecular complexity index is 851. The zero-order valence-corrected chi connectivity index (χ0v) is 16.7. The number of rotatable bonds is 7. The van der Waals surface area contributed by atoms with Gasteiger partial charge in [-0.2, -0.15) is 5.10 Å². The van der Waals surface area contributed by atoms with Crippen molar-refractivity contribution in [1.29, 1.82) is 0 Å². The number of carbonyl (C=O) groups is 2. The maximum Gasteiger partial charge on any atom is 0.251 e. The van der Waals surface area contributed by atoms with Crippen LogP contribution in [0.1, 0.15) is 47.7 Å². The Kier molecular flexibility index (Phi) is 5.78. The van der Waals surface area contributed by atoms with Crippen LogP contribution in [-0.4, -0.2) is 57.6 Å². The monoisotopic (exact) mass is 397 g/mol. The highest BCUT2D eigenvalue weighted by atomic mass is 16.5. The highest BCUT2D eigenvalue weighted by molar-refractivity contribution is 5.94. The molecule has 2 aromatic rings. The van der Waals surface area contributed by atoms with Crippen molar-refractivity contribution >= 4 is 11.8 Å². The third-order valence-electron chi connectivity index (χ3n) is 5.38. The lowest BCUT2D eigenvalue weighted by atomic mass is 10.1. The molecule has 0 unspecified atom stereocenters. The first kappa shape index (κ1) is 19.4. The molecule has 0 atom stereocenters. The van der Waals surface area contributed by atoms with Crippen LogP contribution in [0.15, 0.2) is 24.3 Å². The quantitative estimate of drug-likeness (QED) is 0.743. The second kappa shape index (κ2) is 8.63. The fourth-order valence-electron chi connectivity index (χ4n) is 3.55. The van der Waals surface area contributed by atoms with Crippen molar-refractivity contribution in [2.45, 2.75) is 45.1 Å². The zero-order valence-electron chi connectivity index (χ0n) is 16.7. The molecule has 2 heterocycles. The summed E-state index contributed by atoms with van der Waals surface area (Å²) in [5.74, 6) is 2.68. The van der Waals surface area contributed by atoms with Gasteiger partial charge in [-0.05, 0) is 44.0 Å². The Hall–Kier alpha value is -2.90. The number of carbonyl (C=O) groups excluding carboxylic acids is 2. The smallest absolute Gasteiger partial charge is 0.251 e. The van der Waals surface area contributed by atoms with Crippen LogP contribution < -0.4 is 10.1 Å². The molecule has 2 fully saturated rings. The van der Waals surface area contributed by atoms with Crippen LogP contribution in [0.3, 0.4) is 0 Å². The predicted molar refractivity (Wildman–Crippen MR) is 107 cm³/mol. The molecule has 4 rings (SSSR count). The number of aromatic amines is 1. The van der Waals surface area contributed by atoms with Crippen LogP contribution in [0.25, 0.3) is 0 Å². The molecule has 0 radical (unpaired) electrons.